The van der Waals surface area contributed by atoms with Crippen molar-refractivity contribution in [1.29, 1.82) is 0 Å². The normalized spacial score (nSPS) is 10.8. The number of benzene rings is 2. The van der Waals surface area contributed by atoms with Crippen molar-refractivity contribution in [2.24, 2.45) is 0 Å². The zero-order valence-electron chi connectivity index (χ0n) is 16.3. The molecule has 3 aromatic rings. The highest BCUT2D eigenvalue weighted by molar-refractivity contribution is 6.31. The molecular formula is C23H25ClN2O2. The first-order valence-corrected chi connectivity index (χ1v) is 9.69. The Labute approximate surface area is 171 Å². The van der Waals surface area contributed by atoms with E-state index in [0.29, 0.717) is 26.2 Å². The zero-order valence-corrected chi connectivity index (χ0v) is 17.0. The first kappa shape index (κ1) is 20.2. The highest BCUT2D eigenvalue weighted by Gasteiger charge is 2.19. The Bertz CT molecular complexity index is 936. The van der Waals surface area contributed by atoms with Crippen LogP contribution in [0.2, 0.25) is 5.02 Å². The van der Waals surface area contributed by atoms with Crippen molar-refractivity contribution in [3.63, 3.8) is 0 Å². The molecule has 0 spiro atoms. The summed E-state index contributed by atoms with van der Waals surface area (Å²) in [5, 5.41) is 0.745. The second kappa shape index (κ2) is 9.58. The fourth-order valence-electron chi connectivity index (χ4n) is 3.19. The summed E-state index contributed by atoms with van der Waals surface area (Å²) in [7, 11) is 1.65. The van der Waals surface area contributed by atoms with Gasteiger partial charge in [0, 0.05) is 42.7 Å². The van der Waals surface area contributed by atoms with Crippen LogP contribution >= 0.6 is 11.6 Å². The maximum absolute atomic E-state index is 13.2. The average molecular weight is 397 g/mol. The molecule has 28 heavy (non-hydrogen) atoms. The summed E-state index contributed by atoms with van der Waals surface area (Å²) >= 11 is 6.32. The van der Waals surface area contributed by atoms with Gasteiger partial charge in [0.1, 0.15) is 0 Å². The second-order valence-corrected chi connectivity index (χ2v) is 7.16. The molecule has 5 heteroatoms. The number of carbonyl (C=O) groups excluding carboxylic acids is 1. The van der Waals surface area contributed by atoms with E-state index in [0.717, 1.165) is 27.4 Å². The van der Waals surface area contributed by atoms with E-state index in [1.54, 1.807) is 7.11 Å². The van der Waals surface area contributed by atoms with Crippen LogP contribution in [0.25, 0.3) is 0 Å². The van der Waals surface area contributed by atoms with Gasteiger partial charge in [-0.15, -0.1) is 0 Å². The van der Waals surface area contributed by atoms with Gasteiger partial charge in [-0.05, 0) is 42.3 Å². The largest absolute Gasteiger partial charge is 0.383 e. The number of methoxy groups -OCH3 is 1. The third-order valence-corrected chi connectivity index (χ3v) is 5.17. The highest BCUT2D eigenvalue weighted by Crippen LogP contribution is 2.19. The van der Waals surface area contributed by atoms with Crippen LogP contribution in [0.15, 0.2) is 66.9 Å². The summed E-state index contributed by atoms with van der Waals surface area (Å²) in [5.41, 5.74) is 3.80. The number of nitrogens with zero attached hydrogens (tertiary/aromatic N) is 2. The zero-order chi connectivity index (χ0) is 19.9. The van der Waals surface area contributed by atoms with Crippen LogP contribution in [-0.2, 0) is 17.8 Å². The Morgan fingerprint density at radius 3 is 2.57 bits per heavy atom. The third-order valence-electron chi connectivity index (χ3n) is 4.80. The van der Waals surface area contributed by atoms with Crippen molar-refractivity contribution in [2.75, 3.05) is 20.3 Å². The Hall–Kier alpha value is -2.56. The molecule has 0 bridgehead atoms. The molecule has 0 aliphatic heterocycles. The van der Waals surface area contributed by atoms with Crippen molar-refractivity contribution in [3.05, 3.63) is 94.3 Å². The van der Waals surface area contributed by atoms with E-state index in [2.05, 4.69) is 4.57 Å². The third kappa shape index (κ3) is 4.83. The molecule has 1 amide bonds. The fourth-order valence-corrected chi connectivity index (χ4v) is 3.39. The number of ether oxygens (including phenoxy) is 1. The van der Waals surface area contributed by atoms with Gasteiger partial charge in [0.2, 0.25) is 0 Å². The molecule has 146 valence electrons. The number of rotatable bonds is 8. The molecule has 2 aromatic carbocycles. The molecule has 0 unspecified atom stereocenters. The molecule has 0 atom stereocenters. The monoisotopic (exact) mass is 396 g/mol. The first-order valence-electron chi connectivity index (χ1n) is 9.31. The average Bonchev–Trinajstić information content (AvgIpc) is 3.13. The molecule has 0 saturated carbocycles. The maximum atomic E-state index is 13.2. The summed E-state index contributed by atoms with van der Waals surface area (Å²) in [4.78, 5) is 15.0. The molecule has 0 N–H and O–H groups in total. The quantitative estimate of drug-likeness (QED) is 0.548. The number of amides is 1. The molecular weight excluding hydrogens is 372 g/mol. The van der Waals surface area contributed by atoms with Crippen LogP contribution in [0.4, 0.5) is 0 Å². The minimum absolute atomic E-state index is 0.0145. The number of aromatic nitrogens is 1. The van der Waals surface area contributed by atoms with E-state index in [-0.39, 0.29) is 5.91 Å². The number of halogens is 1. The number of hydrogen-bond acceptors (Lipinski definition) is 2. The van der Waals surface area contributed by atoms with Gasteiger partial charge in [-0.25, -0.2) is 0 Å². The van der Waals surface area contributed by atoms with Gasteiger partial charge in [-0.1, -0.05) is 48.0 Å². The van der Waals surface area contributed by atoms with Crippen molar-refractivity contribution in [1.82, 2.24) is 9.47 Å². The molecule has 1 aromatic heterocycles. The van der Waals surface area contributed by atoms with Gasteiger partial charge in [0.05, 0.1) is 13.2 Å². The molecule has 3 rings (SSSR count). The predicted octanol–water partition coefficient (Wildman–Crippen LogP) is 4.79. The fraction of sp³-hybridized carbons (Fsp3) is 0.261. The maximum Gasteiger partial charge on any atom is 0.254 e. The summed E-state index contributed by atoms with van der Waals surface area (Å²) in [5.74, 6) is 0.0145. The van der Waals surface area contributed by atoms with E-state index >= 15 is 0 Å². The Morgan fingerprint density at radius 1 is 1.07 bits per heavy atom. The summed E-state index contributed by atoms with van der Waals surface area (Å²) in [6.45, 7) is 4.15. The molecule has 0 aliphatic carbocycles. The number of aryl methyl sites for hydroxylation is 1. The van der Waals surface area contributed by atoms with E-state index in [1.165, 1.54) is 0 Å². The lowest BCUT2D eigenvalue weighted by Gasteiger charge is -2.24. The van der Waals surface area contributed by atoms with Gasteiger partial charge in [-0.2, -0.15) is 0 Å². The smallest absolute Gasteiger partial charge is 0.254 e. The Morgan fingerprint density at radius 2 is 1.82 bits per heavy atom. The standard InChI is InChI=1S/C23H25ClN2O2/c1-18-8-3-5-11-21(18)23(27)26(14-15-28-2)17-20-10-7-13-25(20)16-19-9-4-6-12-22(19)24/h3-13H,14-17H2,1-2H3. The lowest BCUT2D eigenvalue weighted by Crippen LogP contribution is -2.34. The van der Waals surface area contributed by atoms with Crippen LogP contribution in [0, 0.1) is 6.92 Å². The van der Waals surface area contributed by atoms with Gasteiger partial charge in [-0.3, -0.25) is 4.79 Å². The van der Waals surface area contributed by atoms with Crippen molar-refractivity contribution < 1.29 is 9.53 Å². The summed E-state index contributed by atoms with van der Waals surface area (Å²) in [6.07, 6.45) is 2.02. The molecule has 0 fully saturated rings. The van der Waals surface area contributed by atoms with Gasteiger partial charge in [0.15, 0.2) is 0 Å². The van der Waals surface area contributed by atoms with Crippen LogP contribution in [0.5, 0.6) is 0 Å². The highest BCUT2D eigenvalue weighted by atomic mass is 35.5. The Kier molecular flexibility index (Phi) is 6.90. The first-order chi connectivity index (χ1) is 13.6. The van der Waals surface area contributed by atoms with E-state index in [9.17, 15) is 4.79 Å². The number of carbonyl (C=O) groups is 1. The van der Waals surface area contributed by atoms with Gasteiger partial charge in [0.25, 0.3) is 5.91 Å². The predicted molar refractivity (Wildman–Crippen MR) is 113 cm³/mol. The minimum atomic E-state index is 0.0145. The second-order valence-electron chi connectivity index (χ2n) is 6.75. The number of hydrogen-bond donors (Lipinski definition) is 0. The van der Waals surface area contributed by atoms with Gasteiger partial charge < -0.3 is 14.2 Å². The lowest BCUT2D eigenvalue weighted by atomic mass is 10.1. The van der Waals surface area contributed by atoms with Gasteiger partial charge >= 0.3 is 0 Å². The van der Waals surface area contributed by atoms with E-state index in [1.807, 2.05) is 78.7 Å². The summed E-state index contributed by atoms with van der Waals surface area (Å²) < 4.78 is 7.36. The minimum Gasteiger partial charge on any atom is -0.383 e. The summed E-state index contributed by atoms with van der Waals surface area (Å²) in [6, 6.07) is 19.5. The lowest BCUT2D eigenvalue weighted by molar-refractivity contribution is 0.0675. The van der Waals surface area contributed by atoms with Crippen LogP contribution < -0.4 is 0 Å². The van der Waals surface area contributed by atoms with Crippen LogP contribution in [0.1, 0.15) is 27.2 Å². The van der Waals surface area contributed by atoms with Crippen molar-refractivity contribution >= 4 is 17.5 Å². The van der Waals surface area contributed by atoms with E-state index in [4.69, 9.17) is 16.3 Å². The molecule has 4 nitrogen and oxygen atoms in total. The Balaban J connectivity index is 1.82. The topological polar surface area (TPSA) is 34.5 Å². The van der Waals surface area contributed by atoms with Crippen LogP contribution in [-0.4, -0.2) is 35.6 Å². The SMILES string of the molecule is COCCN(Cc1cccn1Cc1ccccc1Cl)C(=O)c1ccccc1C. The van der Waals surface area contributed by atoms with Crippen LogP contribution in [0.3, 0.4) is 0 Å². The molecule has 0 aliphatic rings. The molecule has 0 saturated heterocycles. The van der Waals surface area contributed by atoms with Crippen molar-refractivity contribution in [2.45, 2.75) is 20.0 Å². The molecule has 1 heterocycles. The van der Waals surface area contributed by atoms with Crippen molar-refractivity contribution in [3.8, 4) is 0 Å². The van der Waals surface area contributed by atoms with E-state index < -0.39 is 0 Å². The molecule has 0 radical (unpaired) electrons.